The first-order valence-corrected chi connectivity index (χ1v) is 10.1. The number of rotatable bonds is 5. The Balaban J connectivity index is 1.57. The molecule has 138 valence electrons. The fourth-order valence-electron chi connectivity index (χ4n) is 3.50. The predicted octanol–water partition coefficient (Wildman–Crippen LogP) is 4.25. The van der Waals surface area contributed by atoms with Crippen LogP contribution in [0, 0.1) is 19.8 Å². The van der Waals surface area contributed by atoms with Crippen molar-refractivity contribution < 1.29 is 9.59 Å². The molecule has 1 aromatic heterocycles. The van der Waals surface area contributed by atoms with Crippen LogP contribution in [0.5, 0.6) is 0 Å². The Hall–Kier alpha value is -2.14. The lowest BCUT2D eigenvalue weighted by molar-refractivity contribution is -0.115. The Labute approximate surface area is 159 Å². The molecule has 0 aliphatic heterocycles. The van der Waals surface area contributed by atoms with Gasteiger partial charge in [0.2, 0.25) is 5.91 Å². The van der Waals surface area contributed by atoms with Gasteiger partial charge in [-0.05, 0) is 61.8 Å². The highest BCUT2D eigenvalue weighted by molar-refractivity contribution is 7.14. The SMILES string of the molecule is CC[C@@H]1CCc2sc(C(=O)NCC(=O)Nc3c(C)cccc3C)cc2C1. The van der Waals surface area contributed by atoms with Gasteiger partial charge in [-0.3, -0.25) is 9.59 Å². The van der Waals surface area contributed by atoms with Crippen LogP contribution in [0.3, 0.4) is 0 Å². The standard InChI is InChI=1S/C21H26N2O2S/c1-4-15-8-9-17-16(10-15)11-18(26-17)21(25)22-12-19(24)23-20-13(2)6-5-7-14(20)3/h5-7,11,15H,4,8-10,12H2,1-3H3,(H,22,25)(H,23,24)/t15-/m1/s1. The van der Waals surface area contributed by atoms with Crippen LogP contribution < -0.4 is 10.6 Å². The normalized spacial score (nSPS) is 16.0. The second-order valence-electron chi connectivity index (χ2n) is 7.07. The molecule has 2 amide bonds. The maximum Gasteiger partial charge on any atom is 0.261 e. The van der Waals surface area contributed by atoms with E-state index in [2.05, 4.69) is 17.6 Å². The summed E-state index contributed by atoms with van der Waals surface area (Å²) in [4.78, 5) is 26.7. The molecule has 0 unspecified atom stereocenters. The molecule has 1 atom stereocenters. The van der Waals surface area contributed by atoms with E-state index in [1.165, 1.54) is 23.3 Å². The van der Waals surface area contributed by atoms with Crippen molar-refractivity contribution in [3.05, 3.63) is 50.7 Å². The van der Waals surface area contributed by atoms with Gasteiger partial charge in [-0.25, -0.2) is 0 Å². The lowest BCUT2D eigenvalue weighted by Crippen LogP contribution is -2.32. The highest BCUT2D eigenvalue weighted by Crippen LogP contribution is 2.33. The van der Waals surface area contributed by atoms with Gasteiger partial charge < -0.3 is 10.6 Å². The van der Waals surface area contributed by atoms with Gasteiger partial charge in [0.1, 0.15) is 0 Å². The molecule has 0 saturated heterocycles. The summed E-state index contributed by atoms with van der Waals surface area (Å²) in [5.74, 6) is 0.369. The van der Waals surface area contributed by atoms with Gasteiger partial charge in [-0.1, -0.05) is 31.5 Å². The van der Waals surface area contributed by atoms with E-state index in [0.717, 1.165) is 35.6 Å². The number of benzene rings is 1. The van der Waals surface area contributed by atoms with E-state index in [0.29, 0.717) is 4.88 Å². The van der Waals surface area contributed by atoms with Crippen molar-refractivity contribution in [2.45, 2.75) is 46.5 Å². The molecule has 2 N–H and O–H groups in total. The van der Waals surface area contributed by atoms with Crippen molar-refractivity contribution in [1.82, 2.24) is 5.32 Å². The predicted molar refractivity (Wildman–Crippen MR) is 107 cm³/mol. The summed E-state index contributed by atoms with van der Waals surface area (Å²) in [5, 5.41) is 5.65. The Morgan fingerprint density at radius 3 is 2.65 bits per heavy atom. The molecule has 1 aromatic carbocycles. The lowest BCUT2D eigenvalue weighted by atomic mass is 9.87. The van der Waals surface area contributed by atoms with E-state index >= 15 is 0 Å². The van der Waals surface area contributed by atoms with E-state index in [-0.39, 0.29) is 18.4 Å². The molecule has 0 fully saturated rings. The second kappa shape index (κ2) is 8.04. The molecule has 0 spiro atoms. The van der Waals surface area contributed by atoms with Crippen LogP contribution in [-0.2, 0) is 17.6 Å². The monoisotopic (exact) mass is 370 g/mol. The average Bonchev–Trinajstić information content (AvgIpc) is 3.06. The van der Waals surface area contributed by atoms with Gasteiger partial charge in [0, 0.05) is 10.6 Å². The first kappa shape index (κ1) is 18.6. The number of hydrogen-bond acceptors (Lipinski definition) is 3. The molecule has 0 radical (unpaired) electrons. The minimum absolute atomic E-state index is 0.0211. The summed E-state index contributed by atoms with van der Waals surface area (Å²) in [7, 11) is 0. The minimum atomic E-state index is -0.205. The van der Waals surface area contributed by atoms with E-state index < -0.39 is 0 Å². The molecule has 0 bridgehead atoms. The smallest absolute Gasteiger partial charge is 0.261 e. The van der Waals surface area contributed by atoms with Gasteiger partial charge >= 0.3 is 0 Å². The zero-order chi connectivity index (χ0) is 18.7. The molecule has 1 heterocycles. The van der Waals surface area contributed by atoms with E-state index in [4.69, 9.17) is 0 Å². The average molecular weight is 371 g/mol. The highest BCUT2D eigenvalue weighted by atomic mass is 32.1. The van der Waals surface area contributed by atoms with Crippen LogP contribution in [0.4, 0.5) is 5.69 Å². The van der Waals surface area contributed by atoms with Crippen molar-refractivity contribution in [3.8, 4) is 0 Å². The van der Waals surface area contributed by atoms with Crippen molar-refractivity contribution in [1.29, 1.82) is 0 Å². The zero-order valence-electron chi connectivity index (χ0n) is 15.6. The number of amides is 2. The maximum atomic E-state index is 12.4. The molecular weight excluding hydrogens is 344 g/mol. The quantitative estimate of drug-likeness (QED) is 0.827. The molecule has 26 heavy (non-hydrogen) atoms. The zero-order valence-corrected chi connectivity index (χ0v) is 16.5. The molecule has 5 heteroatoms. The fraction of sp³-hybridized carbons (Fsp3) is 0.429. The molecule has 3 rings (SSSR count). The summed E-state index contributed by atoms with van der Waals surface area (Å²) < 4.78 is 0. The number of nitrogens with one attached hydrogen (secondary N) is 2. The molecule has 2 aromatic rings. The van der Waals surface area contributed by atoms with Gasteiger partial charge in [0.15, 0.2) is 0 Å². The van der Waals surface area contributed by atoms with Crippen LogP contribution in [-0.4, -0.2) is 18.4 Å². The largest absolute Gasteiger partial charge is 0.342 e. The summed E-state index contributed by atoms with van der Waals surface area (Å²) in [6.45, 7) is 6.12. The third-order valence-electron chi connectivity index (χ3n) is 5.14. The molecule has 1 aliphatic rings. The van der Waals surface area contributed by atoms with Crippen LogP contribution >= 0.6 is 11.3 Å². The molecular formula is C21H26N2O2S. The number of carbonyl (C=O) groups excluding carboxylic acids is 2. The van der Waals surface area contributed by atoms with Gasteiger partial charge in [0.25, 0.3) is 5.91 Å². The molecule has 0 saturated carbocycles. The van der Waals surface area contributed by atoms with Crippen molar-refractivity contribution in [3.63, 3.8) is 0 Å². The van der Waals surface area contributed by atoms with Gasteiger partial charge in [0.05, 0.1) is 11.4 Å². The van der Waals surface area contributed by atoms with Crippen molar-refractivity contribution in [2.75, 3.05) is 11.9 Å². The van der Waals surface area contributed by atoms with Gasteiger partial charge in [-0.15, -0.1) is 11.3 Å². The Morgan fingerprint density at radius 1 is 1.23 bits per heavy atom. The van der Waals surface area contributed by atoms with E-state index in [1.807, 2.05) is 38.1 Å². The topological polar surface area (TPSA) is 58.2 Å². The minimum Gasteiger partial charge on any atom is -0.342 e. The number of para-hydroxylation sites is 1. The summed E-state index contributed by atoms with van der Waals surface area (Å²) in [6.07, 6.45) is 4.54. The Bertz CT molecular complexity index is 805. The lowest BCUT2D eigenvalue weighted by Gasteiger charge is -2.19. The molecule has 4 nitrogen and oxygen atoms in total. The summed E-state index contributed by atoms with van der Waals surface area (Å²) in [6, 6.07) is 7.90. The number of hydrogen-bond donors (Lipinski definition) is 2. The van der Waals surface area contributed by atoms with Gasteiger partial charge in [-0.2, -0.15) is 0 Å². The highest BCUT2D eigenvalue weighted by Gasteiger charge is 2.22. The Kier molecular flexibility index (Phi) is 5.77. The third-order valence-corrected chi connectivity index (χ3v) is 6.38. The number of carbonyl (C=O) groups is 2. The van der Waals surface area contributed by atoms with Crippen molar-refractivity contribution in [2.24, 2.45) is 5.92 Å². The summed E-state index contributed by atoms with van der Waals surface area (Å²) in [5.41, 5.74) is 4.17. The third kappa shape index (κ3) is 4.15. The number of fused-ring (bicyclic) bond motifs is 1. The van der Waals surface area contributed by atoms with Crippen LogP contribution in [0.25, 0.3) is 0 Å². The first-order chi connectivity index (χ1) is 12.5. The van der Waals surface area contributed by atoms with Crippen molar-refractivity contribution >= 4 is 28.8 Å². The number of aryl methyl sites for hydroxylation is 3. The van der Waals surface area contributed by atoms with E-state index in [1.54, 1.807) is 11.3 Å². The number of anilines is 1. The Morgan fingerprint density at radius 2 is 1.96 bits per heavy atom. The molecule has 1 aliphatic carbocycles. The fourth-order valence-corrected chi connectivity index (χ4v) is 4.63. The summed E-state index contributed by atoms with van der Waals surface area (Å²) >= 11 is 1.57. The van der Waals surface area contributed by atoms with E-state index in [9.17, 15) is 9.59 Å². The van der Waals surface area contributed by atoms with Crippen LogP contribution in [0.2, 0.25) is 0 Å². The maximum absolute atomic E-state index is 12.4. The second-order valence-corrected chi connectivity index (χ2v) is 8.21. The first-order valence-electron chi connectivity index (χ1n) is 9.23. The van der Waals surface area contributed by atoms with Crippen LogP contribution in [0.1, 0.15) is 51.0 Å². The van der Waals surface area contributed by atoms with Crippen LogP contribution in [0.15, 0.2) is 24.3 Å². The number of thiophene rings is 1.